The van der Waals surface area contributed by atoms with Crippen LogP contribution in [-0.4, -0.2) is 34.8 Å². The average molecular weight is 296 g/mol. The molecule has 1 aromatic carbocycles. The number of aliphatic hydroxyl groups excluding tert-OH is 1. The van der Waals surface area contributed by atoms with E-state index >= 15 is 0 Å². The first-order chi connectivity index (χ1) is 9.51. The second kappa shape index (κ2) is 6.12. The molecule has 0 spiro atoms. The van der Waals surface area contributed by atoms with Crippen LogP contribution in [0.5, 0.6) is 0 Å². The third kappa shape index (κ3) is 3.62. The summed E-state index contributed by atoms with van der Waals surface area (Å²) in [6.45, 7) is 0.118. The third-order valence-electron chi connectivity index (χ3n) is 2.70. The van der Waals surface area contributed by atoms with Crippen LogP contribution in [0.4, 0.5) is 0 Å². The van der Waals surface area contributed by atoms with E-state index in [1.54, 1.807) is 30.2 Å². The predicted octanol–water partition coefficient (Wildman–Crippen LogP) is -0.172. The van der Waals surface area contributed by atoms with Crippen molar-refractivity contribution in [1.29, 1.82) is 0 Å². The summed E-state index contributed by atoms with van der Waals surface area (Å²) in [6.07, 6.45) is 1.99. The minimum absolute atomic E-state index is 0.112. The van der Waals surface area contributed by atoms with Crippen molar-refractivity contribution in [1.82, 2.24) is 19.5 Å². The number of aryl methyl sites for hydroxylation is 1. The van der Waals surface area contributed by atoms with Gasteiger partial charge >= 0.3 is 0 Å². The zero-order chi connectivity index (χ0) is 14.6. The monoisotopic (exact) mass is 296 g/mol. The normalized spacial score (nSPS) is 11.7. The molecule has 0 bridgehead atoms. The molecule has 0 atom stereocenters. The number of nitrogens with one attached hydrogen (secondary N) is 1. The first-order valence-corrected chi connectivity index (χ1v) is 7.53. The maximum Gasteiger partial charge on any atom is 0.240 e. The van der Waals surface area contributed by atoms with Crippen molar-refractivity contribution in [3.8, 4) is 0 Å². The Balaban J connectivity index is 1.96. The Morgan fingerprint density at radius 3 is 2.55 bits per heavy atom. The fourth-order valence-corrected chi connectivity index (χ4v) is 2.68. The molecule has 108 valence electrons. The number of hydrogen-bond acceptors (Lipinski definition) is 5. The van der Waals surface area contributed by atoms with Gasteiger partial charge in [-0.3, -0.25) is 4.68 Å². The van der Waals surface area contributed by atoms with Gasteiger partial charge in [0.15, 0.2) is 5.82 Å². The lowest BCUT2D eigenvalue weighted by atomic mass is 10.2. The standard InChI is InChI=1S/C12H16N4O3S/c1-16-9-13-12(15-16)6-7-14-20(18,19)11-4-2-10(8-17)3-5-11/h2-5,9,14,17H,6-8H2,1H3. The third-order valence-corrected chi connectivity index (χ3v) is 4.18. The smallest absolute Gasteiger partial charge is 0.240 e. The number of benzene rings is 1. The van der Waals surface area contributed by atoms with Gasteiger partial charge < -0.3 is 5.11 Å². The number of rotatable bonds is 6. The lowest BCUT2D eigenvalue weighted by molar-refractivity contribution is 0.282. The molecule has 0 radical (unpaired) electrons. The summed E-state index contributed by atoms with van der Waals surface area (Å²) in [7, 11) is -1.79. The van der Waals surface area contributed by atoms with Gasteiger partial charge in [-0.2, -0.15) is 5.10 Å². The maximum absolute atomic E-state index is 12.0. The first kappa shape index (κ1) is 14.6. The Kier molecular flexibility index (Phi) is 4.48. The van der Waals surface area contributed by atoms with Gasteiger partial charge in [-0.1, -0.05) is 12.1 Å². The fourth-order valence-electron chi connectivity index (χ4n) is 1.65. The topological polar surface area (TPSA) is 97.1 Å². The molecule has 0 unspecified atom stereocenters. The fraction of sp³-hybridized carbons (Fsp3) is 0.333. The molecule has 0 aliphatic heterocycles. The molecule has 0 fully saturated rings. The highest BCUT2D eigenvalue weighted by Gasteiger charge is 2.13. The van der Waals surface area contributed by atoms with E-state index in [9.17, 15) is 8.42 Å². The predicted molar refractivity (Wildman–Crippen MR) is 72.3 cm³/mol. The van der Waals surface area contributed by atoms with Crippen molar-refractivity contribution >= 4 is 10.0 Å². The van der Waals surface area contributed by atoms with Gasteiger partial charge in [-0.25, -0.2) is 18.1 Å². The molecule has 1 aromatic heterocycles. The number of sulfonamides is 1. The van der Waals surface area contributed by atoms with E-state index < -0.39 is 10.0 Å². The zero-order valence-electron chi connectivity index (χ0n) is 11.0. The van der Waals surface area contributed by atoms with Crippen LogP contribution in [0, 0.1) is 0 Å². The van der Waals surface area contributed by atoms with Crippen LogP contribution in [0.15, 0.2) is 35.5 Å². The van der Waals surface area contributed by atoms with Crippen molar-refractivity contribution in [2.45, 2.75) is 17.9 Å². The maximum atomic E-state index is 12.0. The molecule has 0 aliphatic carbocycles. The van der Waals surface area contributed by atoms with Crippen molar-refractivity contribution in [2.24, 2.45) is 7.05 Å². The minimum atomic E-state index is -3.54. The summed E-state index contributed by atoms with van der Waals surface area (Å²) in [4.78, 5) is 4.19. The van der Waals surface area contributed by atoms with Crippen LogP contribution in [0.25, 0.3) is 0 Å². The van der Waals surface area contributed by atoms with E-state index in [-0.39, 0.29) is 18.0 Å². The quantitative estimate of drug-likeness (QED) is 0.771. The molecule has 2 rings (SSSR count). The Hall–Kier alpha value is -1.77. The molecule has 0 amide bonds. The molecule has 7 nitrogen and oxygen atoms in total. The molecule has 0 saturated heterocycles. The lowest BCUT2D eigenvalue weighted by Gasteiger charge is -2.06. The van der Waals surface area contributed by atoms with Gasteiger partial charge in [0.25, 0.3) is 0 Å². The van der Waals surface area contributed by atoms with Crippen molar-refractivity contribution in [3.05, 3.63) is 42.0 Å². The molecular weight excluding hydrogens is 280 g/mol. The first-order valence-electron chi connectivity index (χ1n) is 6.05. The highest BCUT2D eigenvalue weighted by Crippen LogP contribution is 2.10. The Morgan fingerprint density at radius 1 is 1.30 bits per heavy atom. The van der Waals surface area contributed by atoms with Crippen LogP contribution in [0.2, 0.25) is 0 Å². The number of aromatic nitrogens is 3. The van der Waals surface area contributed by atoms with Crippen LogP contribution >= 0.6 is 0 Å². The molecule has 2 aromatic rings. The molecular formula is C12H16N4O3S. The summed E-state index contributed by atoms with van der Waals surface area (Å²) in [5.74, 6) is 0.589. The number of nitrogens with zero attached hydrogens (tertiary/aromatic N) is 3. The van der Waals surface area contributed by atoms with Crippen molar-refractivity contribution in [2.75, 3.05) is 6.54 Å². The zero-order valence-corrected chi connectivity index (χ0v) is 11.8. The second-order valence-corrected chi connectivity index (χ2v) is 6.05. The van der Waals surface area contributed by atoms with E-state index in [2.05, 4.69) is 14.8 Å². The average Bonchev–Trinajstić information content (AvgIpc) is 2.84. The number of hydrogen-bond donors (Lipinski definition) is 2. The van der Waals surface area contributed by atoms with E-state index in [1.165, 1.54) is 12.1 Å². The molecule has 0 saturated carbocycles. The molecule has 8 heteroatoms. The van der Waals surface area contributed by atoms with Crippen molar-refractivity contribution in [3.63, 3.8) is 0 Å². The highest BCUT2D eigenvalue weighted by molar-refractivity contribution is 7.89. The molecule has 2 N–H and O–H groups in total. The summed E-state index contributed by atoms with van der Waals surface area (Å²) < 4.78 is 28.1. The van der Waals surface area contributed by atoms with Crippen LogP contribution in [-0.2, 0) is 30.1 Å². The second-order valence-electron chi connectivity index (χ2n) is 4.28. The SMILES string of the molecule is Cn1cnc(CCNS(=O)(=O)c2ccc(CO)cc2)n1. The van der Waals surface area contributed by atoms with Gasteiger partial charge in [-0.05, 0) is 17.7 Å². The van der Waals surface area contributed by atoms with E-state index in [1.807, 2.05) is 0 Å². The van der Waals surface area contributed by atoms with Crippen LogP contribution in [0.3, 0.4) is 0 Å². The van der Waals surface area contributed by atoms with Crippen molar-refractivity contribution < 1.29 is 13.5 Å². The molecule has 20 heavy (non-hydrogen) atoms. The summed E-state index contributed by atoms with van der Waals surface area (Å²) in [5, 5.41) is 13.0. The minimum Gasteiger partial charge on any atom is -0.392 e. The Labute approximate surface area is 117 Å². The van der Waals surface area contributed by atoms with Gasteiger partial charge in [0.05, 0.1) is 11.5 Å². The summed E-state index contributed by atoms with van der Waals surface area (Å²) in [6, 6.07) is 6.09. The van der Waals surface area contributed by atoms with E-state index in [0.717, 1.165) is 0 Å². The number of aliphatic hydroxyl groups is 1. The Bertz CT molecular complexity index is 664. The largest absolute Gasteiger partial charge is 0.392 e. The van der Waals surface area contributed by atoms with Gasteiger partial charge in [0.1, 0.15) is 6.33 Å². The van der Waals surface area contributed by atoms with Gasteiger partial charge in [-0.15, -0.1) is 0 Å². The summed E-state index contributed by atoms with van der Waals surface area (Å²) >= 11 is 0. The highest BCUT2D eigenvalue weighted by atomic mass is 32.2. The van der Waals surface area contributed by atoms with Gasteiger partial charge in [0.2, 0.25) is 10.0 Å². The lowest BCUT2D eigenvalue weighted by Crippen LogP contribution is -2.26. The van der Waals surface area contributed by atoms with E-state index in [4.69, 9.17) is 5.11 Å². The van der Waals surface area contributed by atoms with E-state index in [0.29, 0.717) is 17.8 Å². The van der Waals surface area contributed by atoms with Crippen LogP contribution < -0.4 is 4.72 Å². The van der Waals surface area contributed by atoms with Gasteiger partial charge in [0, 0.05) is 20.0 Å². The van der Waals surface area contributed by atoms with Crippen LogP contribution in [0.1, 0.15) is 11.4 Å². The Morgan fingerprint density at radius 2 is 2.00 bits per heavy atom. The molecule has 1 heterocycles. The molecule has 0 aliphatic rings. The summed E-state index contributed by atoms with van der Waals surface area (Å²) in [5.41, 5.74) is 0.668.